The van der Waals surface area contributed by atoms with Gasteiger partial charge in [0.2, 0.25) is 0 Å². The Morgan fingerprint density at radius 3 is 2.69 bits per heavy atom. The minimum atomic E-state index is -0.927. The van der Waals surface area contributed by atoms with Gasteiger partial charge in [-0.25, -0.2) is 18.3 Å². The molecule has 29 heavy (non-hydrogen) atoms. The number of esters is 1. The Morgan fingerprint density at radius 2 is 2.00 bits per heavy atom. The van der Waals surface area contributed by atoms with Gasteiger partial charge in [-0.05, 0) is 73.7 Å². The first kappa shape index (κ1) is 19.8. The predicted molar refractivity (Wildman–Crippen MR) is 111 cm³/mol. The van der Waals surface area contributed by atoms with Crippen LogP contribution in [0.1, 0.15) is 36.8 Å². The van der Waals surface area contributed by atoms with Gasteiger partial charge in [0.15, 0.2) is 11.5 Å². The van der Waals surface area contributed by atoms with E-state index in [-0.39, 0.29) is 18.0 Å². The average Bonchev–Trinajstić information content (AvgIpc) is 3.03. The molecule has 2 aromatic carbocycles. The van der Waals surface area contributed by atoms with Gasteiger partial charge in [0.25, 0.3) is 0 Å². The Bertz CT molecular complexity index is 1140. The van der Waals surface area contributed by atoms with Crippen molar-refractivity contribution in [3.05, 3.63) is 62.9 Å². The van der Waals surface area contributed by atoms with E-state index in [9.17, 15) is 13.6 Å². The second-order valence-electron chi connectivity index (χ2n) is 7.05. The maximum Gasteiger partial charge on any atom is 0.359 e. The summed E-state index contributed by atoms with van der Waals surface area (Å²) in [5.74, 6) is -1.53. The standard InChI is InChI=1S/C21H17F2IN2O3/c1-4-28-20(27)18-17-19(26(25-18)15-8-5-11(22)9-14(15)23)13-7-6-12(24)10-16(13)29-21(17,2)3/h5-10H,4H2,1-3H3. The number of nitrogens with zero attached hydrogens (tertiary/aromatic N) is 2. The SMILES string of the molecule is CCOC(=O)c1nn(-c2ccc(F)cc2F)c2c1C(C)(C)Oc1cc(I)ccc1-2. The Hall–Kier alpha value is -2.49. The molecule has 0 N–H and O–H groups in total. The van der Waals surface area contributed by atoms with Crippen LogP contribution in [0.15, 0.2) is 36.4 Å². The van der Waals surface area contributed by atoms with E-state index in [4.69, 9.17) is 9.47 Å². The summed E-state index contributed by atoms with van der Waals surface area (Å²) in [4.78, 5) is 12.6. The van der Waals surface area contributed by atoms with Gasteiger partial charge in [-0.3, -0.25) is 0 Å². The molecule has 0 aliphatic carbocycles. The third kappa shape index (κ3) is 3.29. The van der Waals surface area contributed by atoms with E-state index < -0.39 is 23.2 Å². The normalized spacial score (nSPS) is 14.0. The highest BCUT2D eigenvalue weighted by Gasteiger charge is 2.42. The number of hydrogen-bond donors (Lipinski definition) is 0. The lowest BCUT2D eigenvalue weighted by Gasteiger charge is -2.33. The van der Waals surface area contributed by atoms with Crippen LogP contribution in [0.4, 0.5) is 8.78 Å². The summed E-state index contributed by atoms with van der Waals surface area (Å²) >= 11 is 2.18. The first-order valence-electron chi connectivity index (χ1n) is 8.98. The van der Waals surface area contributed by atoms with Gasteiger partial charge in [0, 0.05) is 15.2 Å². The predicted octanol–water partition coefficient (Wildman–Crippen LogP) is 5.23. The molecule has 0 atom stereocenters. The molecule has 1 aromatic heterocycles. The van der Waals surface area contributed by atoms with E-state index in [2.05, 4.69) is 27.7 Å². The molecule has 8 heteroatoms. The summed E-state index contributed by atoms with van der Waals surface area (Å²) in [6.07, 6.45) is 0. The molecule has 0 radical (unpaired) electrons. The Kier molecular flexibility index (Phi) is 4.84. The molecular formula is C21H17F2IN2O3. The number of halogens is 3. The van der Waals surface area contributed by atoms with Gasteiger partial charge >= 0.3 is 5.97 Å². The molecule has 0 spiro atoms. The summed E-state index contributed by atoms with van der Waals surface area (Å²) in [5.41, 5.74) is 0.810. The van der Waals surface area contributed by atoms with Crippen LogP contribution in [0.25, 0.3) is 16.9 Å². The number of aromatic nitrogens is 2. The maximum atomic E-state index is 14.6. The molecular weight excluding hydrogens is 493 g/mol. The molecule has 4 rings (SSSR count). The Labute approximate surface area is 179 Å². The maximum absolute atomic E-state index is 14.6. The van der Waals surface area contributed by atoms with Crippen molar-refractivity contribution >= 4 is 28.6 Å². The first-order valence-corrected chi connectivity index (χ1v) is 10.1. The summed E-state index contributed by atoms with van der Waals surface area (Å²) in [7, 11) is 0. The van der Waals surface area contributed by atoms with E-state index in [1.165, 1.54) is 10.7 Å². The summed E-state index contributed by atoms with van der Waals surface area (Å²) in [6, 6.07) is 8.81. The van der Waals surface area contributed by atoms with Crippen LogP contribution in [0.2, 0.25) is 0 Å². The number of hydrogen-bond acceptors (Lipinski definition) is 4. The molecule has 1 aliphatic rings. The zero-order chi connectivity index (χ0) is 20.9. The third-order valence-electron chi connectivity index (χ3n) is 4.66. The number of rotatable bonds is 3. The van der Waals surface area contributed by atoms with Crippen molar-refractivity contribution in [2.75, 3.05) is 6.61 Å². The highest BCUT2D eigenvalue weighted by Crippen LogP contribution is 2.48. The van der Waals surface area contributed by atoms with Gasteiger partial charge in [-0.2, -0.15) is 5.10 Å². The highest BCUT2D eigenvalue weighted by molar-refractivity contribution is 14.1. The molecule has 0 bridgehead atoms. The fourth-order valence-electron chi connectivity index (χ4n) is 3.51. The number of carbonyl (C=O) groups excluding carboxylic acids is 1. The second-order valence-corrected chi connectivity index (χ2v) is 8.30. The lowest BCUT2D eigenvalue weighted by Crippen LogP contribution is -2.31. The lowest BCUT2D eigenvalue weighted by atomic mass is 9.89. The van der Waals surface area contributed by atoms with Crippen molar-refractivity contribution < 1.29 is 23.0 Å². The topological polar surface area (TPSA) is 53.3 Å². The van der Waals surface area contributed by atoms with Crippen molar-refractivity contribution in [3.8, 4) is 22.7 Å². The van der Waals surface area contributed by atoms with Gasteiger partial charge in [0.1, 0.15) is 22.9 Å². The van der Waals surface area contributed by atoms with E-state index >= 15 is 0 Å². The third-order valence-corrected chi connectivity index (χ3v) is 5.33. The zero-order valence-corrected chi connectivity index (χ0v) is 18.1. The molecule has 0 unspecified atom stereocenters. The van der Waals surface area contributed by atoms with Crippen LogP contribution in [0.5, 0.6) is 5.75 Å². The molecule has 0 saturated carbocycles. The quantitative estimate of drug-likeness (QED) is 0.358. The largest absolute Gasteiger partial charge is 0.482 e. The van der Waals surface area contributed by atoms with Crippen molar-refractivity contribution in [3.63, 3.8) is 0 Å². The minimum absolute atomic E-state index is 0.0281. The molecule has 2 heterocycles. The first-order chi connectivity index (χ1) is 13.7. The molecule has 0 amide bonds. The zero-order valence-electron chi connectivity index (χ0n) is 15.9. The summed E-state index contributed by atoms with van der Waals surface area (Å²) < 4.78 is 41.8. The van der Waals surface area contributed by atoms with Crippen molar-refractivity contribution in [1.29, 1.82) is 0 Å². The van der Waals surface area contributed by atoms with Crippen LogP contribution in [0.3, 0.4) is 0 Å². The highest BCUT2D eigenvalue weighted by atomic mass is 127. The average molecular weight is 510 g/mol. The number of benzene rings is 2. The Morgan fingerprint density at radius 1 is 1.24 bits per heavy atom. The monoisotopic (exact) mass is 510 g/mol. The van der Waals surface area contributed by atoms with Crippen LogP contribution < -0.4 is 4.74 Å². The molecule has 1 aliphatic heterocycles. The fraction of sp³-hybridized carbons (Fsp3) is 0.238. The Balaban J connectivity index is 2.08. The van der Waals surface area contributed by atoms with E-state index in [1.54, 1.807) is 6.92 Å². The van der Waals surface area contributed by atoms with Gasteiger partial charge in [-0.15, -0.1) is 0 Å². The molecule has 150 valence electrons. The fourth-order valence-corrected chi connectivity index (χ4v) is 3.97. The summed E-state index contributed by atoms with van der Waals surface area (Å²) in [6.45, 7) is 5.48. The smallest absolute Gasteiger partial charge is 0.359 e. The van der Waals surface area contributed by atoms with E-state index in [1.807, 2.05) is 32.0 Å². The molecule has 0 saturated heterocycles. The molecule has 3 aromatic rings. The van der Waals surface area contributed by atoms with Crippen LogP contribution >= 0.6 is 22.6 Å². The number of fused-ring (bicyclic) bond motifs is 3. The van der Waals surface area contributed by atoms with E-state index in [0.29, 0.717) is 22.6 Å². The van der Waals surface area contributed by atoms with Gasteiger partial charge in [0.05, 0.1) is 17.9 Å². The van der Waals surface area contributed by atoms with Crippen molar-refractivity contribution in [1.82, 2.24) is 9.78 Å². The van der Waals surface area contributed by atoms with Gasteiger partial charge < -0.3 is 9.47 Å². The van der Waals surface area contributed by atoms with Gasteiger partial charge in [-0.1, -0.05) is 0 Å². The number of carbonyl (C=O) groups is 1. The van der Waals surface area contributed by atoms with Crippen LogP contribution in [-0.4, -0.2) is 22.4 Å². The minimum Gasteiger partial charge on any atom is -0.482 e. The van der Waals surface area contributed by atoms with Crippen molar-refractivity contribution in [2.24, 2.45) is 0 Å². The number of ether oxygens (including phenoxy) is 2. The van der Waals surface area contributed by atoms with Crippen LogP contribution in [-0.2, 0) is 10.3 Å². The van der Waals surface area contributed by atoms with Crippen LogP contribution in [0, 0.1) is 15.2 Å². The molecule has 0 fully saturated rings. The summed E-state index contributed by atoms with van der Waals surface area (Å²) in [5, 5.41) is 4.39. The second kappa shape index (κ2) is 7.08. The van der Waals surface area contributed by atoms with E-state index in [0.717, 1.165) is 15.7 Å². The molecule has 5 nitrogen and oxygen atoms in total. The lowest BCUT2D eigenvalue weighted by molar-refractivity contribution is 0.0500. The van der Waals surface area contributed by atoms with Crippen molar-refractivity contribution in [2.45, 2.75) is 26.4 Å².